The van der Waals surface area contributed by atoms with Gasteiger partial charge in [-0.25, -0.2) is 4.79 Å². The molecule has 84 valence electrons. The molecule has 1 aromatic rings. The molecular formula is C8H13BrN4O2. The molecule has 0 unspecified atom stereocenters. The second-order valence-electron chi connectivity index (χ2n) is 3.42. The van der Waals surface area contributed by atoms with E-state index >= 15 is 0 Å². The first-order chi connectivity index (χ1) is 6.93. The molecule has 7 heteroatoms. The average molecular weight is 277 g/mol. The lowest BCUT2D eigenvalue weighted by atomic mass is 10.5. The van der Waals surface area contributed by atoms with Crippen molar-refractivity contribution in [3.63, 3.8) is 0 Å². The normalized spacial score (nSPS) is 10.9. The van der Waals surface area contributed by atoms with Crippen molar-refractivity contribution < 1.29 is 0 Å². The summed E-state index contributed by atoms with van der Waals surface area (Å²) in [4.78, 5) is 27.3. The van der Waals surface area contributed by atoms with E-state index in [1.165, 1.54) is 0 Å². The van der Waals surface area contributed by atoms with Gasteiger partial charge in [-0.3, -0.25) is 14.3 Å². The number of nitrogens with one attached hydrogen (secondary N) is 1. The molecule has 0 aliphatic carbocycles. The summed E-state index contributed by atoms with van der Waals surface area (Å²) < 4.78 is 1.31. The minimum Gasteiger partial charge on any atom is -0.384 e. The minimum absolute atomic E-state index is 0.0612. The van der Waals surface area contributed by atoms with Crippen molar-refractivity contribution in [2.45, 2.75) is 6.54 Å². The van der Waals surface area contributed by atoms with Gasteiger partial charge in [0.1, 0.15) is 10.3 Å². The molecule has 15 heavy (non-hydrogen) atoms. The number of anilines is 1. The zero-order valence-electron chi connectivity index (χ0n) is 8.58. The Kier molecular flexibility index (Phi) is 3.70. The van der Waals surface area contributed by atoms with Crippen LogP contribution in [0.4, 0.5) is 5.82 Å². The monoisotopic (exact) mass is 276 g/mol. The van der Waals surface area contributed by atoms with Crippen LogP contribution < -0.4 is 17.0 Å². The Morgan fingerprint density at radius 3 is 2.60 bits per heavy atom. The molecule has 1 heterocycles. The summed E-state index contributed by atoms with van der Waals surface area (Å²) in [7, 11) is 3.73. The molecule has 6 nitrogen and oxygen atoms in total. The Morgan fingerprint density at radius 1 is 1.47 bits per heavy atom. The van der Waals surface area contributed by atoms with Gasteiger partial charge >= 0.3 is 5.69 Å². The summed E-state index contributed by atoms with van der Waals surface area (Å²) in [5.41, 5.74) is 4.53. The van der Waals surface area contributed by atoms with E-state index in [-0.39, 0.29) is 10.3 Å². The number of nitrogens with zero attached hydrogens (tertiary/aromatic N) is 2. The first-order valence-electron chi connectivity index (χ1n) is 4.36. The van der Waals surface area contributed by atoms with Gasteiger partial charge in [-0.15, -0.1) is 0 Å². The van der Waals surface area contributed by atoms with Gasteiger partial charge in [0, 0.05) is 13.1 Å². The van der Waals surface area contributed by atoms with Crippen molar-refractivity contribution in [2.75, 3.05) is 26.4 Å². The zero-order chi connectivity index (χ0) is 11.6. The number of nitrogens with two attached hydrogens (primary N) is 1. The van der Waals surface area contributed by atoms with Crippen LogP contribution in [0.25, 0.3) is 0 Å². The average Bonchev–Trinajstić information content (AvgIpc) is 2.14. The van der Waals surface area contributed by atoms with Crippen molar-refractivity contribution in [1.82, 2.24) is 14.5 Å². The summed E-state index contributed by atoms with van der Waals surface area (Å²) in [5.74, 6) is 0.0612. The Balaban J connectivity index is 3.14. The minimum atomic E-state index is -0.484. The highest BCUT2D eigenvalue weighted by Crippen LogP contribution is 2.07. The molecule has 0 aliphatic rings. The summed E-state index contributed by atoms with van der Waals surface area (Å²) in [6, 6.07) is 0. The fourth-order valence-electron chi connectivity index (χ4n) is 1.07. The van der Waals surface area contributed by atoms with E-state index in [1.54, 1.807) is 0 Å². The number of rotatable bonds is 3. The van der Waals surface area contributed by atoms with Crippen LogP contribution in [0, 0.1) is 0 Å². The summed E-state index contributed by atoms with van der Waals surface area (Å²) >= 11 is 3.03. The largest absolute Gasteiger partial charge is 0.384 e. The first kappa shape index (κ1) is 12.0. The molecule has 0 aliphatic heterocycles. The molecule has 0 atom stereocenters. The predicted octanol–water partition coefficient (Wildman–Crippen LogP) is -0.557. The number of halogens is 1. The van der Waals surface area contributed by atoms with Gasteiger partial charge in [-0.2, -0.15) is 0 Å². The number of hydrogen-bond acceptors (Lipinski definition) is 4. The lowest BCUT2D eigenvalue weighted by molar-refractivity contribution is 0.376. The highest BCUT2D eigenvalue weighted by Gasteiger charge is 2.09. The second kappa shape index (κ2) is 4.63. The number of aromatic amines is 1. The SMILES string of the molecule is CN(C)CCn1c(=O)[nH]c(N)c(Br)c1=O. The number of H-pyrrole nitrogens is 1. The van der Waals surface area contributed by atoms with Gasteiger partial charge in [0.25, 0.3) is 5.56 Å². The number of aromatic nitrogens is 2. The lowest BCUT2D eigenvalue weighted by Gasteiger charge is -2.10. The Labute approximate surface area is 94.8 Å². The fourth-order valence-corrected chi connectivity index (χ4v) is 1.38. The Bertz CT molecular complexity index is 463. The first-order valence-corrected chi connectivity index (χ1v) is 5.15. The molecule has 0 amide bonds. The highest BCUT2D eigenvalue weighted by molar-refractivity contribution is 9.10. The molecule has 0 radical (unpaired) electrons. The van der Waals surface area contributed by atoms with Gasteiger partial charge in [0.15, 0.2) is 0 Å². The molecule has 1 rings (SSSR count). The van der Waals surface area contributed by atoms with Crippen LogP contribution in [0.15, 0.2) is 14.1 Å². The van der Waals surface area contributed by atoms with Gasteiger partial charge < -0.3 is 10.6 Å². The van der Waals surface area contributed by atoms with Gasteiger partial charge in [0.2, 0.25) is 0 Å². The second-order valence-corrected chi connectivity index (χ2v) is 4.21. The van der Waals surface area contributed by atoms with Crippen LogP contribution in [0.5, 0.6) is 0 Å². The smallest absolute Gasteiger partial charge is 0.330 e. The predicted molar refractivity (Wildman–Crippen MR) is 62.0 cm³/mol. The van der Waals surface area contributed by atoms with Crippen molar-refractivity contribution in [1.29, 1.82) is 0 Å². The van der Waals surface area contributed by atoms with E-state index in [2.05, 4.69) is 20.9 Å². The maximum Gasteiger partial charge on any atom is 0.330 e. The van der Waals surface area contributed by atoms with Crippen LogP contribution in [0.2, 0.25) is 0 Å². The summed E-state index contributed by atoms with van der Waals surface area (Å²) in [6.45, 7) is 0.944. The van der Waals surface area contributed by atoms with Crippen LogP contribution in [0.3, 0.4) is 0 Å². The van der Waals surface area contributed by atoms with Gasteiger partial charge in [-0.1, -0.05) is 0 Å². The molecule has 3 N–H and O–H groups in total. The van der Waals surface area contributed by atoms with Gasteiger partial charge in [0.05, 0.1) is 0 Å². The van der Waals surface area contributed by atoms with E-state index in [0.29, 0.717) is 13.1 Å². The zero-order valence-corrected chi connectivity index (χ0v) is 10.2. The lowest BCUT2D eigenvalue weighted by Crippen LogP contribution is -2.38. The quantitative estimate of drug-likeness (QED) is 0.776. The van der Waals surface area contributed by atoms with Crippen LogP contribution in [-0.4, -0.2) is 35.1 Å². The standard InChI is InChI=1S/C8H13BrN4O2/c1-12(2)3-4-13-7(14)5(9)6(10)11-8(13)15/h3-4,10H2,1-2H3,(H,11,15). The van der Waals surface area contributed by atoms with E-state index in [9.17, 15) is 9.59 Å². The summed E-state index contributed by atoms with van der Waals surface area (Å²) in [6.07, 6.45) is 0. The number of hydrogen-bond donors (Lipinski definition) is 2. The van der Waals surface area contributed by atoms with Crippen molar-refractivity contribution in [3.05, 3.63) is 25.3 Å². The molecule has 1 aromatic heterocycles. The maximum atomic E-state index is 11.6. The van der Waals surface area contributed by atoms with Crippen LogP contribution >= 0.6 is 15.9 Å². The Hall–Kier alpha value is -1.08. The Morgan fingerprint density at radius 2 is 2.07 bits per heavy atom. The van der Waals surface area contributed by atoms with E-state index in [1.807, 2.05) is 19.0 Å². The van der Waals surface area contributed by atoms with Crippen LogP contribution in [0.1, 0.15) is 0 Å². The molecule has 0 saturated carbocycles. The molecular weight excluding hydrogens is 264 g/mol. The number of likely N-dealkylation sites (N-methyl/N-ethyl adjacent to an activating group) is 1. The molecule has 0 saturated heterocycles. The third-order valence-corrected chi connectivity index (χ3v) is 2.69. The molecule has 0 bridgehead atoms. The molecule has 0 spiro atoms. The topological polar surface area (TPSA) is 84.1 Å². The maximum absolute atomic E-state index is 11.6. The van der Waals surface area contributed by atoms with Crippen molar-refractivity contribution in [3.8, 4) is 0 Å². The van der Waals surface area contributed by atoms with Gasteiger partial charge in [-0.05, 0) is 30.0 Å². The van der Waals surface area contributed by atoms with E-state index in [0.717, 1.165) is 4.57 Å². The third-order valence-electron chi connectivity index (χ3n) is 1.93. The van der Waals surface area contributed by atoms with E-state index < -0.39 is 11.2 Å². The van der Waals surface area contributed by atoms with E-state index in [4.69, 9.17) is 5.73 Å². The third kappa shape index (κ3) is 2.69. The summed E-state index contributed by atoms with van der Waals surface area (Å²) in [5, 5.41) is 0. The fraction of sp³-hybridized carbons (Fsp3) is 0.500. The number of nitrogen functional groups attached to an aromatic ring is 1. The molecule has 0 aromatic carbocycles. The van der Waals surface area contributed by atoms with Crippen molar-refractivity contribution in [2.24, 2.45) is 0 Å². The van der Waals surface area contributed by atoms with Crippen LogP contribution in [-0.2, 0) is 6.54 Å². The molecule has 0 fully saturated rings. The van der Waals surface area contributed by atoms with Crippen molar-refractivity contribution >= 4 is 21.7 Å². The highest BCUT2D eigenvalue weighted by atomic mass is 79.9.